The molecule has 162 valence electrons. The maximum atomic E-state index is 13.1. The monoisotopic (exact) mass is 442 g/mol. The summed E-state index contributed by atoms with van der Waals surface area (Å²) in [7, 11) is 0. The Balaban J connectivity index is 1.50. The molecule has 2 aromatic rings. The Kier molecular flexibility index (Phi) is 5.93. The first-order valence-electron chi connectivity index (χ1n) is 10.1. The van der Waals surface area contributed by atoms with Crippen LogP contribution in [0, 0.1) is 0 Å². The van der Waals surface area contributed by atoms with Crippen LogP contribution in [0.3, 0.4) is 0 Å². The average molecular weight is 443 g/mol. The second-order valence-electron chi connectivity index (χ2n) is 7.90. The number of nitrogens with one attached hydrogen (secondary N) is 1. The Morgan fingerprint density at radius 3 is 2.55 bits per heavy atom. The summed E-state index contributed by atoms with van der Waals surface area (Å²) in [6.45, 7) is 0.422. The quantitative estimate of drug-likeness (QED) is 0.684. The molecule has 0 bridgehead atoms. The number of carbonyl (C=O) groups is 3. The van der Waals surface area contributed by atoms with E-state index in [0.29, 0.717) is 37.9 Å². The van der Waals surface area contributed by atoms with Crippen LogP contribution in [-0.4, -0.2) is 69.0 Å². The van der Waals surface area contributed by atoms with Crippen LogP contribution in [0.5, 0.6) is 0 Å². The van der Waals surface area contributed by atoms with Crippen LogP contribution < -0.4 is 5.32 Å². The summed E-state index contributed by atoms with van der Waals surface area (Å²) in [4.78, 5) is 44.4. The van der Waals surface area contributed by atoms with Crippen molar-refractivity contribution in [2.45, 2.75) is 31.0 Å². The number of halogens is 1. The maximum Gasteiger partial charge on any atom is 0.323 e. The van der Waals surface area contributed by atoms with Gasteiger partial charge in [0.25, 0.3) is 5.91 Å². The summed E-state index contributed by atoms with van der Waals surface area (Å²) >= 11 is 5.90. The summed E-state index contributed by atoms with van der Waals surface area (Å²) in [5.74, 6) is -1.43. The third kappa shape index (κ3) is 4.40. The van der Waals surface area contributed by atoms with E-state index in [-0.39, 0.29) is 23.5 Å². The van der Waals surface area contributed by atoms with Gasteiger partial charge in [-0.15, -0.1) is 0 Å². The number of hydrogen-bond acceptors (Lipinski definition) is 5. The molecule has 9 heteroatoms. The molecule has 1 spiro atoms. The molecule has 1 aromatic carbocycles. The van der Waals surface area contributed by atoms with E-state index in [9.17, 15) is 19.5 Å². The Morgan fingerprint density at radius 1 is 1.19 bits per heavy atom. The highest BCUT2D eigenvalue weighted by Gasteiger charge is 2.52. The van der Waals surface area contributed by atoms with Crippen molar-refractivity contribution in [3.05, 3.63) is 64.9 Å². The first-order valence-corrected chi connectivity index (χ1v) is 10.5. The van der Waals surface area contributed by atoms with Crippen molar-refractivity contribution in [2.75, 3.05) is 19.6 Å². The fourth-order valence-electron chi connectivity index (χ4n) is 4.43. The fourth-order valence-corrected chi connectivity index (χ4v) is 4.60. The number of carbonyl (C=O) groups excluding carboxylic acids is 2. The summed E-state index contributed by atoms with van der Waals surface area (Å²) in [5, 5.41) is 13.1. The van der Waals surface area contributed by atoms with Crippen molar-refractivity contribution < 1.29 is 19.5 Å². The zero-order chi connectivity index (χ0) is 22.0. The van der Waals surface area contributed by atoms with Crippen molar-refractivity contribution in [3.63, 3.8) is 0 Å². The fraction of sp³-hybridized carbons (Fsp3) is 0.364. The highest BCUT2D eigenvalue weighted by Crippen LogP contribution is 2.33. The molecule has 4 rings (SSSR count). The van der Waals surface area contributed by atoms with Gasteiger partial charge in [0.15, 0.2) is 0 Å². The topological polar surface area (TPSA) is 103 Å². The zero-order valence-corrected chi connectivity index (χ0v) is 17.6. The van der Waals surface area contributed by atoms with Crippen LogP contribution in [0.1, 0.15) is 28.8 Å². The summed E-state index contributed by atoms with van der Waals surface area (Å²) < 4.78 is 0. The molecular weight excluding hydrogens is 420 g/mol. The van der Waals surface area contributed by atoms with Gasteiger partial charge in [-0.25, -0.2) is 4.98 Å². The Morgan fingerprint density at radius 2 is 1.90 bits per heavy atom. The van der Waals surface area contributed by atoms with Gasteiger partial charge in [-0.2, -0.15) is 0 Å². The number of pyridine rings is 1. The largest absolute Gasteiger partial charge is 0.480 e. The molecule has 2 aliphatic rings. The molecule has 8 nitrogen and oxygen atoms in total. The lowest BCUT2D eigenvalue weighted by atomic mass is 9.95. The number of aliphatic carboxylic acids is 1. The predicted molar refractivity (Wildman–Crippen MR) is 114 cm³/mol. The molecule has 2 saturated heterocycles. The minimum absolute atomic E-state index is 0.158. The van der Waals surface area contributed by atoms with Crippen LogP contribution in [0.25, 0.3) is 0 Å². The third-order valence-electron chi connectivity index (χ3n) is 5.95. The minimum Gasteiger partial charge on any atom is -0.480 e. The molecule has 3 heterocycles. The SMILES string of the molecule is O=C(O)CN1C(=O)C(Cc2ccccc2)NC12CCN(C(=O)c1ccnc(Cl)c1)CC2. The molecule has 2 N–H and O–H groups in total. The van der Waals surface area contributed by atoms with Crippen LogP contribution >= 0.6 is 11.6 Å². The summed E-state index contributed by atoms with van der Waals surface area (Å²) in [6.07, 6.45) is 2.86. The van der Waals surface area contributed by atoms with Crippen LogP contribution in [-0.2, 0) is 16.0 Å². The van der Waals surface area contributed by atoms with Crippen molar-refractivity contribution in [1.82, 2.24) is 20.1 Å². The second-order valence-corrected chi connectivity index (χ2v) is 8.28. The van der Waals surface area contributed by atoms with Crippen LogP contribution in [0.15, 0.2) is 48.7 Å². The maximum absolute atomic E-state index is 13.1. The van der Waals surface area contributed by atoms with Gasteiger partial charge in [0.2, 0.25) is 5.91 Å². The first-order chi connectivity index (χ1) is 14.9. The molecule has 1 atom stereocenters. The van der Waals surface area contributed by atoms with Gasteiger partial charge in [-0.3, -0.25) is 19.7 Å². The van der Waals surface area contributed by atoms with E-state index in [1.807, 2.05) is 30.3 Å². The average Bonchev–Trinajstić information content (AvgIpc) is 2.99. The molecule has 31 heavy (non-hydrogen) atoms. The zero-order valence-electron chi connectivity index (χ0n) is 16.8. The number of rotatable bonds is 5. The number of benzene rings is 1. The van der Waals surface area contributed by atoms with Crippen molar-refractivity contribution in [2.24, 2.45) is 0 Å². The Labute approximate surface area is 184 Å². The molecule has 1 aromatic heterocycles. The highest BCUT2D eigenvalue weighted by molar-refractivity contribution is 6.29. The third-order valence-corrected chi connectivity index (χ3v) is 6.16. The second kappa shape index (κ2) is 8.64. The molecule has 2 aliphatic heterocycles. The van der Waals surface area contributed by atoms with E-state index in [0.717, 1.165) is 5.56 Å². The predicted octanol–water partition coefficient (Wildman–Crippen LogP) is 1.79. The van der Waals surface area contributed by atoms with Crippen molar-refractivity contribution in [1.29, 1.82) is 0 Å². The van der Waals surface area contributed by atoms with E-state index in [2.05, 4.69) is 10.3 Å². The lowest BCUT2D eigenvalue weighted by molar-refractivity contribution is -0.147. The number of carboxylic acid groups (broad SMARTS) is 1. The number of carboxylic acids is 1. The van der Waals surface area contributed by atoms with Gasteiger partial charge in [-0.1, -0.05) is 41.9 Å². The standard InChI is InChI=1S/C22H23ClN4O4/c23-18-13-16(6-9-24-18)20(30)26-10-7-22(8-11-26)25-17(12-15-4-2-1-3-5-15)21(31)27(22)14-19(28)29/h1-6,9,13,17,25H,7-8,10-12,14H2,(H,28,29). The Hall–Kier alpha value is -2.97. The highest BCUT2D eigenvalue weighted by atomic mass is 35.5. The van der Waals surface area contributed by atoms with E-state index >= 15 is 0 Å². The lowest BCUT2D eigenvalue weighted by Crippen LogP contribution is -2.60. The minimum atomic E-state index is -1.06. The van der Waals surface area contributed by atoms with Crippen molar-refractivity contribution >= 4 is 29.4 Å². The van der Waals surface area contributed by atoms with Crippen LogP contribution in [0.2, 0.25) is 5.15 Å². The van der Waals surface area contributed by atoms with Gasteiger partial charge >= 0.3 is 5.97 Å². The molecular formula is C22H23ClN4O4. The molecule has 1 unspecified atom stereocenters. The lowest BCUT2D eigenvalue weighted by Gasteiger charge is -2.44. The smallest absolute Gasteiger partial charge is 0.323 e. The summed E-state index contributed by atoms with van der Waals surface area (Å²) in [5.41, 5.74) is 0.681. The summed E-state index contributed by atoms with van der Waals surface area (Å²) in [6, 6.07) is 12.3. The number of hydrogen-bond donors (Lipinski definition) is 2. The van der Waals surface area contributed by atoms with E-state index in [4.69, 9.17) is 11.6 Å². The number of nitrogens with zero attached hydrogens (tertiary/aromatic N) is 3. The number of amides is 2. The van der Waals surface area contributed by atoms with Gasteiger partial charge in [0.1, 0.15) is 11.7 Å². The van der Waals surface area contributed by atoms with Gasteiger partial charge in [0, 0.05) is 37.7 Å². The molecule has 0 aliphatic carbocycles. The van der Waals surface area contributed by atoms with E-state index in [1.54, 1.807) is 11.0 Å². The van der Waals surface area contributed by atoms with E-state index < -0.39 is 17.7 Å². The number of piperidine rings is 1. The van der Waals surface area contributed by atoms with Crippen LogP contribution in [0.4, 0.5) is 0 Å². The molecule has 0 radical (unpaired) electrons. The molecule has 2 fully saturated rings. The van der Waals surface area contributed by atoms with Gasteiger partial charge in [0.05, 0.1) is 11.7 Å². The van der Waals surface area contributed by atoms with Gasteiger partial charge < -0.3 is 14.9 Å². The Bertz CT molecular complexity index is 992. The van der Waals surface area contributed by atoms with Crippen molar-refractivity contribution in [3.8, 4) is 0 Å². The molecule has 2 amide bonds. The normalized spacial score (nSPS) is 20.3. The van der Waals surface area contributed by atoms with Gasteiger partial charge in [-0.05, 0) is 24.1 Å². The molecule has 0 saturated carbocycles. The number of likely N-dealkylation sites (tertiary alicyclic amines) is 1. The number of aromatic nitrogens is 1. The first kappa shape index (κ1) is 21.3. The van der Waals surface area contributed by atoms with E-state index in [1.165, 1.54) is 17.2 Å².